The minimum absolute atomic E-state index is 0.0168. The molecule has 6 nitrogen and oxygen atoms in total. The van der Waals surface area contributed by atoms with Crippen LogP contribution in [0.15, 0.2) is 42.5 Å². The Labute approximate surface area is 170 Å². The van der Waals surface area contributed by atoms with Crippen LogP contribution in [0.4, 0.5) is 15.8 Å². The zero-order chi connectivity index (χ0) is 21.2. The van der Waals surface area contributed by atoms with E-state index in [0.717, 1.165) is 6.26 Å². The molecular formula is C21H25FN2O4S. The second kappa shape index (κ2) is 8.51. The molecule has 1 amide bonds. The molecule has 0 aliphatic carbocycles. The van der Waals surface area contributed by atoms with E-state index in [-0.39, 0.29) is 18.0 Å². The summed E-state index contributed by atoms with van der Waals surface area (Å²) in [4.78, 5) is 14.4. The van der Waals surface area contributed by atoms with Crippen molar-refractivity contribution in [3.63, 3.8) is 0 Å². The normalized spacial score (nSPS) is 19.8. The Balaban J connectivity index is 1.69. The number of hydrogen-bond donors (Lipinski definition) is 1. The Bertz CT molecular complexity index is 982. The number of nitrogens with zero attached hydrogens (tertiary/aromatic N) is 1. The Morgan fingerprint density at radius 1 is 1.14 bits per heavy atom. The van der Waals surface area contributed by atoms with E-state index >= 15 is 0 Å². The predicted molar refractivity (Wildman–Crippen MR) is 112 cm³/mol. The summed E-state index contributed by atoms with van der Waals surface area (Å²) in [5, 5.41) is 2.67. The van der Waals surface area contributed by atoms with Crippen molar-refractivity contribution in [3.05, 3.63) is 59.4 Å². The molecule has 29 heavy (non-hydrogen) atoms. The van der Waals surface area contributed by atoms with E-state index in [2.05, 4.69) is 5.32 Å². The van der Waals surface area contributed by atoms with Crippen LogP contribution in [-0.2, 0) is 20.3 Å². The summed E-state index contributed by atoms with van der Waals surface area (Å²) in [6.45, 7) is 5.12. The number of benzene rings is 2. The fourth-order valence-electron chi connectivity index (χ4n) is 3.47. The van der Waals surface area contributed by atoms with Crippen molar-refractivity contribution in [2.45, 2.75) is 31.8 Å². The fraction of sp³-hybridized carbons (Fsp3) is 0.381. The van der Waals surface area contributed by atoms with Crippen LogP contribution in [0.2, 0.25) is 0 Å². The molecule has 156 valence electrons. The summed E-state index contributed by atoms with van der Waals surface area (Å²) in [6.07, 6.45) is 1.19. The standard InChI is InChI=1S/C21H25FN2O4S/c1-14-11-24(12-15(2)28-14)20-9-8-18(10-19(20)22)23-21(25)17-6-4-16(5-7-17)13-29(3,26)27/h4-10,14-15H,11-13H2,1-3H3,(H,23,25)/t14-,15-/m1/s1. The van der Waals surface area contributed by atoms with Crippen molar-refractivity contribution in [1.29, 1.82) is 0 Å². The molecule has 0 unspecified atom stereocenters. The van der Waals surface area contributed by atoms with Gasteiger partial charge in [-0.2, -0.15) is 0 Å². The predicted octanol–water partition coefficient (Wildman–Crippen LogP) is 3.24. The highest BCUT2D eigenvalue weighted by atomic mass is 32.2. The number of amides is 1. The second-order valence-electron chi connectivity index (χ2n) is 7.55. The van der Waals surface area contributed by atoms with Crippen LogP contribution in [-0.4, -0.2) is 45.9 Å². The lowest BCUT2D eigenvalue weighted by atomic mass is 10.1. The SMILES string of the molecule is C[C@@H]1CN(c2ccc(NC(=O)c3ccc(CS(C)(=O)=O)cc3)cc2F)C[C@@H](C)O1. The molecule has 0 saturated carbocycles. The number of sulfone groups is 1. The van der Waals surface area contributed by atoms with Gasteiger partial charge in [-0.25, -0.2) is 12.8 Å². The van der Waals surface area contributed by atoms with Crippen LogP contribution in [0.3, 0.4) is 0 Å². The number of anilines is 2. The first-order valence-corrected chi connectivity index (χ1v) is 11.4. The molecule has 2 aromatic rings. The molecule has 2 atom stereocenters. The van der Waals surface area contributed by atoms with Crippen molar-refractivity contribution >= 4 is 27.1 Å². The summed E-state index contributed by atoms with van der Waals surface area (Å²) in [5.74, 6) is -0.885. The molecule has 1 saturated heterocycles. The van der Waals surface area contributed by atoms with Crippen LogP contribution in [0, 0.1) is 5.82 Å². The van der Waals surface area contributed by atoms with Gasteiger partial charge >= 0.3 is 0 Å². The van der Waals surface area contributed by atoms with E-state index in [0.29, 0.717) is 35.6 Å². The Morgan fingerprint density at radius 2 is 1.76 bits per heavy atom. The molecule has 8 heteroatoms. The van der Waals surface area contributed by atoms with Gasteiger partial charge in [0.2, 0.25) is 0 Å². The Hall–Kier alpha value is -2.45. The number of carbonyl (C=O) groups excluding carboxylic acids is 1. The molecule has 1 heterocycles. The van der Waals surface area contributed by atoms with Crippen LogP contribution < -0.4 is 10.2 Å². The van der Waals surface area contributed by atoms with Crippen molar-refractivity contribution < 1.29 is 22.3 Å². The number of ether oxygens (including phenoxy) is 1. The van der Waals surface area contributed by atoms with Crippen molar-refractivity contribution in [2.24, 2.45) is 0 Å². The highest BCUT2D eigenvalue weighted by molar-refractivity contribution is 7.89. The molecule has 1 aliphatic rings. The largest absolute Gasteiger partial charge is 0.372 e. The molecule has 0 aromatic heterocycles. The maximum Gasteiger partial charge on any atom is 0.255 e. The van der Waals surface area contributed by atoms with Gasteiger partial charge in [-0.05, 0) is 49.7 Å². The lowest BCUT2D eigenvalue weighted by molar-refractivity contribution is -0.00539. The first kappa shape index (κ1) is 21.3. The Kier molecular flexibility index (Phi) is 6.24. The van der Waals surface area contributed by atoms with Crippen molar-refractivity contribution in [3.8, 4) is 0 Å². The van der Waals surface area contributed by atoms with Crippen LogP contribution in [0.25, 0.3) is 0 Å². The summed E-state index contributed by atoms with van der Waals surface area (Å²) in [6, 6.07) is 10.9. The number of rotatable bonds is 5. The summed E-state index contributed by atoms with van der Waals surface area (Å²) < 4.78 is 43.0. The van der Waals surface area contributed by atoms with Gasteiger partial charge in [0, 0.05) is 30.6 Å². The number of carbonyl (C=O) groups is 1. The van der Waals surface area contributed by atoms with E-state index in [1.54, 1.807) is 36.4 Å². The third-order valence-electron chi connectivity index (χ3n) is 4.61. The van der Waals surface area contributed by atoms with Gasteiger partial charge < -0.3 is 15.0 Å². The first-order chi connectivity index (χ1) is 13.6. The lowest BCUT2D eigenvalue weighted by Crippen LogP contribution is -2.45. The van der Waals surface area contributed by atoms with Gasteiger partial charge in [-0.1, -0.05) is 12.1 Å². The monoisotopic (exact) mass is 420 g/mol. The summed E-state index contributed by atoms with van der Waals surface area (Å²) in [7, 11) is -3.14. The van der Waals surface area contributed by atoms with E-state index < -0.39 is 21.6 Å². The lowest BCUT2D eigenvalue weighted by Gasteiger charge is -2.37. The van der Waals surface area contributed by atoms with E-state index in [1.807, 2.05) is 18.7 Å². The van der Waals surface area contributed by atoms with Gasteiger partial charge in [0.1, 0.15) is 5.82 Å². The highest BCUT2D eigenvalue weighted by Gasteiger charge is 2.24. The van der Waals surface area contributed by atoms with E-state index in [9.17, 15) is 17.6 Å². The average Bonchev–Trinajstić information content (AvgIpc) is 2.60. The quantitative estimate of drug-likeness (QED) is 0.804. The molecule has 1 aliphatic heterocycles. The van der Waals surface area contributed by atoms with Crippen molar-refractivity contribution in [1.82, 2.24) is 0 Å². The minimum Gasteiger partial charge on any atom is -0.372 e. The molecule has 1 fully saturated rings. The zero-order valence-corrected chi connectivity index (χ0v) is 17.5. The van der Waals surface area contributed by atoms with Crippen LogP contribution >= 0.6 is 0 Å². The smallest absolute Gasteiger partial charge is 0.255 e. The third kappa shape index (κ3) is 5.77. The second-order valence-corrected chi connectivity index (χ2v) is 9.69. The summed E-state index contributed by atoms with van der Waals surface area (Å²) in [5.41, 5.74) is 1.80. The van der Waals surface area contributed by atoms with Crippen molar-refractivity contribution in [2.75, 3.05) is 29.6 Å². The van der Waals surface area contributed by atoms with Gasteiger partial charge in [0.05, 0.1) is 23.6 Å². The number of nitrogens with one attached hydrogen (secondary N) is 1. The number of morpholine rings is 1. The minimum atomic E-state index is -3.14. The first-order valence-electron chi connectivity index (χ1n) is 9.38. The maximum absolute atomic E-state index is 14.7. The van der Waals surface area contributed by atoms with Crippen LogP contribution in [0.1, 0.15) is 29.8 Å². The van der Waals surface area contributed by atoms with Gasteiger partial charge in [0.15, 0.2) is 9.84 Å². The molecular weight excluding hydrogens is 395 g/mol. The molecule has 0 radical (unpaired) electrons. The molecule has 0 bridgehead atoms. The fourth-order valence-corrected chi connectivity index (χ4v) is 4.27. The van der Waals surface area contributed by atoms with Gasteiger partial charge in [-0.15, -0.1) is 0 Å². The topological polar surface area (TPSA) is 75.7 Å². The zero-order valence-electron chi connectivity index (χ0n) is 16.7. The number of hydrogen-bond acceptors (Lipinski definition) is 5. The third-order valence-corrected chi connectivity index (χ3v) is 5.47. The van der Waals surface area contributed by atoms with Gasteiger partial charge in [-0.3, -0.25) is 4.79 Å². The molecule has 0 spiro atoms. The Morgan fingerprint density at radius 3 is 2.31 bits per heavy atom. The van der Waals surface area contributed by atoms with E-state index in [1.165, 1.54) is 6.07 Å². The van der Waals surface area contributed by atoms with Gasteiger partial charge in [0.25, 0.3) is 5.91 Å². The molecule has 1 N–H and O–H groups in total. The molecule has 2 aromatic carbocycles. The van der Waals surface area contributed by atoms with E-state index in [4.69, 9.17) is 4.74 Å². The summed E-state index contributed by atoms with van der Waals surface area (Å²) >= 11 is 0. The maximum atomic E-state index is 14.7. The average molecular weight is 421 g/mol. The molecule has 3 rings (SSSR count). The number of halogens is 1. The van der Waals surface area contributed by atoms with Crippen LogP contribution in [0.5, 0.6) is 0 Å². The highest BCUT2D eigenvalue weighted by Crippen LogP contribution is 2.26.